The van der Waals surface area contributed by atoms with E-state index in [1.54, 1.807) is 0 Å². The zero-order valence-corrected chi connectivity index (χ0v) is 21.9. The van der Waals surface area contributed by atoms with Gasteiger partial charge in [-0.25, -0.2) is 0 Å². The van der Waals surface area contributed by atoms with Gasteiger partial charge in [-0.2, -0.15) is 9.98 Å². The standard InChI is InChI=1S/C29H42N2/c1-26(2,3)20-13-15-24(22(17-20)28(7,8)9)30-19-31-25-16-14-21(27(4,5)6)18-23(25)29(10,11)12/h13-18H,1-12H3. The van der Waals surface area contributed by atoms with E-state index < -0.39 is 0 Å². The molecule has 0 aromatic heterocycles. The van der Waals surface area contributed by atoms with Gasteiger partial charge in [0, 0.05) is 0 Å². The lowest BCUT2D eigenvalue weighted by molar-refractivity contribution is 0.569. The molecule has 168 valence electrons. The highest BCUT2D eigenvalue weighted by atomic mass is 14.8. The number of aliphatic imine (C=N–C) groups is 2. The van der Waals surface area contributed by atoms with E-state index in [9.17, 15) is 0 Å². The Bertz CT molecular complexity index is 911. The van der Waals surface area contributed by atoms with Gasteiger partial charge in [-0.15, -0.1) is 0 Å². The number of nitrogens with zero attached hydrogens (tertiary/aromatic N) is 2. The predicted octanol–water partition coefficient (Wildman–Crippen LogP) is 9.01. The average molecular weight is 419 g/mol. The van der Waals surface area contributed by atoms with Gasteiger partial charge >= 0.3 is 0 Å². The van der Waals surface area contributed by atoms with Crippen molar-refractivity contribution in [3.05, 3.63) is 58.7 Å². The lowest BCUT2D eigenvalue weighted by atomic mass is 9.80. The highest BCUT2D eigenvalue weighted by Gasteiger charge is 2.23. The Labute approximate surface area is 190 Å². The fourth-order valence-corrected chi connectivity index (χ4v) is 3.53. The van der Waals surface area contributed by atoms with Gasteiger partial charge in [0.2, 0.25) is 0 Å². The molecule has 0 saturated carbocycles. The third-order valence-corrected chi connectivity index (χ3v) is 5.68. The molecule has 0 unspecified atom stereocenters. The molecule has 31 heavy (non-hydrogen) atoms. The highest BCUT2D eigenvalue weighted by Crippen LogP contribution is 2.37. The van der Waals surface area contributed by atoms with Crippen LogP contribution in [0.25, 0.3) is 0 Å². The van der Waals surface area contributed by atoms with Gasteiger partial charge in [0.15, 0.2) is 0 Å². The second kappa shape index (κ2) is 8.40. The summed E-state index contributed by atoms with van der Waals surface area (Å²) in [4.78, 5) is 9.34. The Morgan fingerprint density at radius 2 is 0.806 bits per heavy atom. The van der Waals surface area contributed by atoms with Gasteiger partial charge in [-0.1, -0.05) is 107 Å². The van der Waals surface area contributed by atoms with Crippen LogP contribution in [-0.4, -0.2) is 6.01 Å². The molecular weight excluding hydrogens is 376 g/mol. The van der Waals surface area contributed by atoms with Gasteiger partial charge in [-0.3, -0.25) is 0 Å². The van der Waals surface area contributed by atoms with Crippen LogP contribution < -0.4 is 0 Å². The van der Waals surface area contributed by atoms with Crippen LogP contribution in [0.3, 0.4) is 0 Å². The van der Waals surface area contributed by atoms with Crippen molar-refractivity contribution in [2.75, 3.05) is 0 Å². The fourth-order valence-electron chi connectivity index (χ4n) is 3.53. The first kappa shape index (κ1) is 25.1. The van der Waals surface area contributed by atoms with Crippen molar-refractivity contribution in [3.8, 4) is 0 Å². The minimum absolute atomic E-state index is 0.00724. The number of rotatable bonds is 2. The van der Waals surface area contributed by atoms with Crippen molar-refractivity contribution in [2.45, 2.75) is 105 Å². The Morgan fingerprint density at radius 3 is 1.06 bits per heavy atom. The van der Waals surface area contributed by atoms with E-state index in [-0.39, 0.29) is 21.7 Å². The molecule has 0 aliphatic heterocycles. The van der Waals surface area contributed by atoms with E-state index in [1.807, 2.05) is 0 Å². The predicted molar refractivity (Wildman–Crippen MR) is 137 cm³/mol. The maximum absolute atomic E-state index is 4.67. The fraction of sp³-hybridized carbons (Fsp3) is 0.552. The van der Waals surface area contributed by atoms with Crippen molar-refractivity contribution < 1.29 is 0 Å². The molecule has 0 bridgehead atoms. The van der Waals surface area contributed by atoms with Crippen LogP contribution in [-0.2, 0) is 21.7 Å². The normalized spacial score (nSPS) is 13.0. The maximum Gasteiger partial charge on any atom is 0.100 e. The summed E-state index contributed by atoms with van der Waals surface area (Å²) in [5.74, 6) is 0. The third kappa shape index (κ3) is 6.40. The molecule has 2 heteroatoms. The first-order valence-electron chi connectivity index (χ1n) is 11.4. The topological polar surface area (TPSA) is 24.7 Å². The van der Waals surface area contributed by atoms with E-state index in [4.69, 9.17) is 0 Å². The zero-order valence-electron chi connectivity index (χ0n) is 21.9. The Kier molecular flexibility index (Phi) is 6.79. The molecule has 0 aliphatic rings. The molecular formula is C29H42N2. The van der Waals surface area contributed by atoms with Gasteiger partial charge in [0.05, 0.1) is 11.4 Å². The number of hydrogen-bond donors (Lipinski definition) is 0. The van der Waals surface area contributed by atoms with E-state index in [2.05, 4.69) is 135 Å². The van der Waals surface area contributed by atoms with E-state index in [0.29, 0.717) is 0 Å². The van der Waals surface area contributed by atoms with Gasteiger partial charge in [0.25, 0.3) is 0 Å². The molecule has 2 rings (SSSR count). The summed E-state index contributed by atoms with van der Waals surface area (Å²) in [7, 11) is 0. The van der Waals surface area contributed by atoms with E-state index >= 15 is 0 Å². The molecule has 0 amide bonds. The van der Waals surface area contributed by atoms with Crippen LogP contribution >= 0.6 is 0 Å². The second-order valence-electron chi connectivity index (χ2n) is 12.8. The van der Waals surface area contributed by atoms with Gasteiger partial charge in [0.1, 0.15) is 6.01 Å². The largest absolute Gasteiger partial charge is 0.187 e. The third-order valence-electron chi connectivity index (χ3n) is 5.68. The molecule has 0 heterocycles. The molecule has 0 radical (unpaired) electrons. The van der Waals surface area contributed by atoms with Crippen LogP contribution in [0.15, 0.2) is 46.4 Å². The number of benzene rings is 2. The zero-order chi connectivity index (χ0) is 23.8. The lowest BCUT2D eigenvalue weighted by Crippen LogP contribution is -2.16. The summed E-state index contributed by atoms with van der Waals surface area (Å²) in [5.41, 5.74) is 7.16. The van der Waals surface area contributed by atoms with E-state index in [1.165, 1.54) is 22.3 Å². The highest BCUT2D eigenvalue weighted by molar-refractivity contribution is 5.64. The monoisotopic (exact) mass is 418 g/mol. The lowest BCUT2D eigenvalue weighted by Gasteiger charge is -2.26. The summed E-state index contributed by atoms with van der Waals surface area (Å²) in [5, 5.41) is 0. The summed E-state index contributed by atoms with van der Waals surface area (Å²) in [6.45, 7) is 26.8. The average Bonchev–Trinajstić information content (AvgIpc) is 2.58. The molecule has 0 fully saturated rings. The van der Waals surface area contributed by atoms with E-state index in [0.717, 1.165) is 11.4 Å². The molecule has 0 N–H and O–H groups in total. The Morgan fingerprint density at radius 1 is 0.484 bits per heavy atom. The van der Waals surface area contributed by atoms with Crippen molar-refractivity contribution in [1.29, 1.82) is 0 Å². The smallest absolute Gasteiger partial charge is 0.100 e. The molecule has 2 aromatic carbocycles. The van der Waals surface area contributed by atoms with Crippen LogP contribution in [0.4, 0.5) is 11.4 Å². The molecule has 0 spiro atoms. The summed E-state index contributed by atoms with van der Waals surface area (Å²) in [6, 6.07) is 16.2. The van der Waals surface area contributed by atoms with Gasteiger partial charge < -0.3 is 0 Å². The van der Waals surface area contributed by atoms with Crippen molar-refractivity contribution in [2.24, 2.45) is 9.98 Å². The Balaban J connectivity index is 2.57. The number of hydrogen-bond acceptors (Lipinski definition) is 2. The SMILES string of the molecule is CC(C)(C)c1ccc(N=C=Nc2ccc(C(C)(C)C)cc2C(C)(C)C)c(C(C)(C)C)c1. The molecule has 2 aromatic rings. The summed E-state index contributed by atoms with van der Waals surface area (Å²) < 4.78 is 0. The van der Waals surface area contributed by atoms with Crippen molar-refractivity contribution >= 4 is 17.4 Å². The van der Waals surface area contributed by atoms with Crippen LogP contribution in [0.1, 0.15) is 105 Å². The van der Waals surface area contributed by atoms with Crippen LogP contribution in [0.5, 0.6) is 0 Å². The molecule has 0 atom stereocenters. The second-order valence-corrected chi connectivity index (χ2v) is 12.8. The van der Waals surface area contributed by atoms with Crippen LogP contribution in [0, 0.1) is 0 Å². The molecule has 2 nitrogen and oxygen atoms in total. The van der Waals surface area contributed by atoms with Gasteiger partial charge in [-0.05, 0) is 56.0 Å². The first-order chi connectivity index (χ1) is 13.9. The molecule has 0 aliphatic carbocycles. The maximum atomic E-state index is 4.67. The van der Waals surface area contributed by atoms with Crippen molar-refractivity contribution in [1.82, 2.24) is 0 Å². The Hall–Kier alpha value is -2.18. The quantitative estimate of drug-likeness (QED) is 0.435. The molecule has 0 saturated heterocycles. The summed E-state index contributed by atoms with van der Waals surface area (Å²) in [6.07, 6.45) is 0. The minimum atomic E-state index is -0.00724. The van der Waals surface area contributed by atoms with Crippen molar-refractivity contribution in [3.63, 3.8) is 0 Å². The minimum Gasteiger partial charge on any atom is -0.187 e. The van der Waals surface area contributed by atoms with Crippen LogP contribution in [0.2, 0.25) is 0 Å². The first-order valence-corrected chi connectivity index (χ1v) is 11.4. The summed E-state index contributed by atoms with van der Waals surface area (Å²) >= 11 is 0.